The molecule has 4 rings (SSSR count). The maximum Gasteiger partial charge on any atom is 0.240 e. The lowest BCUT2D eigenvalue weighted by molar-refractivity contribution is 0.573. The van der Waals surface area contributed by atoms with E-state index in [-0.39, 0.29) is 17.2 Å². The zero-order valence-corrected chi connectivity index (χ0v) is 20.3. The number of benzene rings is 2. The molecule has 0 aliphatic carbocycles. The average molecular weight is 471 g/mol. The van der Waals surface area contributed by atoms with Gasteiger partial charge in [-0.3, -0.25) is 4.98 Å². The minimum absolute atomic E-state index is 0.0301. The number of sulfonamides is 1. The van der Waals surface area contributed by atoms with Crippen molar-refractivity contribution in [1.29, 1.82) is 0 Å². The molecule has 0 spiro atoms. The van der Waals surface area contributed by atoms with E-state index >= 15 is 0 Å². The minimum atomic E-state index is -3.72. The third-order valence-electron chi connectivity index (χ3n) is 5.99. The van der Waals surface area contributed by atoms with Crippen LogP contribution >= 0.6 is 11.8 Å². The molecule has 0 fully saturated rings. The molecule has 168 valence electrons. The number of nitrogens with zero attached hydrogens (tertiary/aromatic N) is 1. The quantitative estimate of drug-likeness (QED) is 0.505. The van der Waals surface area contributed by atoms with Gasteiger partial charge in [0.05, 0.1) is 4.90 Å². The third-order valence-corrected chi connectivity index (χ3v) is 8.62. The molecule has 0 saturated carbocycles. The first kappa shape index (κ1) is 23.0. The van der Waals surface area contributed by atoms with E-state index in [1.165, 1.54) is 23.9 Å². The van der Waals surface area contributed by atoms with Crippen molar-refractivity contribution in [2.75, 3.05) is 6.54 Å². The lowest BCUT2D eigenvalue weighted by Crippen LogP contribution is -2.29. The SMILES string of the molecule is CC(C)c1cc2c(cc1S(=O)(=O)NCCc1ccncc1)Sc1cc(F)ccc1C2(C)C. The second-order valence-electron chi connectivity index (χ2n) is 8.91. The highest BCUT2D eigenvalue weighted by molar-refractivity contribution is 7.99. The molecule has 2 heterocycles. The van der Waals surface area contributed by atoms with Gasteiger partial charge in [0.15, 0.2) is 0 Å². The lowest BCUT2D eigenvalue weighted by atomic mass is 9.76. The Bertz CT molecular complexity index is 1260. The Morgan fingerprint density at radius 3 is 2.41 bits per heavy atom. The largest absolute Gasteiger partial charge is 0.265 e. The Labute approximate surface area is 193 Å². The summed E-state index contributed by atoms with van der Waals surface area (Å²) in [5, 5.41) is 0. The number of pyridine rings is 1. The van der Waals surface area contributed by atoms with E-state index in [4.69, 9.17) is 0 Å². The highest BCUT2D eigenvalue weighted by Crippen LogP contribution is 2.50. The van der Waals surface area contributed by atoms with Crippen LogP contribution in [-0.4, -0.2) is 19.9 Å². The van der Waals surface area contributed by atoms with E-state index in [0.717, 1.165) is 32.0 Å². The number of rotatable bonds is 6. The third kappa shape index (κ3) is 4.34. The summed E-state index contributed by atoms with van der Waals surface area (Å²) in [6.45, 7) is 8.52. The van der Waals surface area contributed by atoms with Crippen LogP contribution in [0.2, 0.25) is 0 Å². The van der Waals surface area contributed by atoms with Crippen molar-refractivity contribution in [2.24, 2.45) is 0 Å². The first-order valence-electron chi connectivity index (χ1n) is 10.6. The van der Waals surface area contributed by atoms with Crippen molar-refractivity contribution in [1.82, 2.24) is 9.71 Å². The van der Waals surface area contributed by atoms with Gasteiger partial charge in [-0.25, -0.2) is 17.5 Å². The summed E-state index contributed by atoms with van der Waals surface area (Å²) in [5.41, 5.74) is 3.58. The molecule has 0 bridgehead atoms. The molecular formula is C25H27FN2O2S2. The van der Waals surface area contributed by atoms with Gasteiger partial charge in [0, 0.05) is 34.1 Å². The smallest absolute Gasteiger partial charge is 0.240 e. The van der Waals surface area contributed by atoms with Gasteiger partial charge in [0.2, 0.25) is 10.0 Å². The standard InChI is InChI=1S/C25H27FN2O2S2/c1-16(2)19-14-21-23(31-22-13-18(26)5-6-20(22)25(21,3)4)15-24(19)32(29,30)28-12-9-17-7-10-27-11-8-17/h5-8,10-11,13-16,28H,9,12H2,1-4H3. The molecule has 1 aliphatic rings. The highest BCUT2D eigenvalue weighted by atomic mass is 32.2. The van der Waals surface area contributed by atoms with Crippen molar-refractivity contribution in [3.8, 4) is 0 Å². The van der Waals surface area contributed by atoms with Crippen molar-refractivity contribution in [3.63, 3.8) is 0 Å². The van der Waals surface area contributed by atoms with Gasteiger partial charge in [-0.05, 0) is 64.9 Å². The Kier molecular flexibility index (Phi) is 6.18. The van der Waals surface area contributed by atoms with Crippen LogP contribution in [0.3, 0.4) is 0 Å². The van der Waals surface area contributed by atoms with Crippen LogP contribution in [0.15, 0.2) is 69.5 Å². The molecule has 1 N–H and O–H groups in total. The van der Waals surface area contributed by atoms with Crippen molar-refractivity contribution < 1.29 is 12.8 Å². The number of nitrogens with one attached hydrogen (secondary N) is 1. The fourth-order valence-corrected chi connectivity index (χ4v) is 7.07. The fraction of sp³-hybridized carbons (Fsp3) is 0.320. The van der Waals surface area contributed by atoms with Gasteiger partial charge in [0.25, 0.3) is 0 Å². The van der Waals surface area contributed by atoms with Gasteiger partial charge in [-0.15, -0.1) is 0 Å². The molecule has 1 aromatic heterocycles. The normalized spacial score (nSPS) is 14.8. The van der Waals surface area contributed by atoms with Crippen LogP contribution in [-0.2, 0) is 21.9 Å². The van der Waals surface area contributed by atoms with Crippen LogP contribution in [0.25, 0.3) is 0 Å². The maximum atomic E-state index is 13.9. The minimum Gasteiger partial charge on any atom is -0.265 e. The predicted octanol–water partition coefficient (Wildman–Crippen LogP) is 5.66. The first-order valence-corrected chi connectivity index (χ1v) is 12.9. The summed E-state index contributed by atoms with van der Waals surface area (Å²) in [6.07, 6.45) is 3.98. The zero-order chi connectivity index (χ0) is 23.1. The summed E-state index contributed by atoms with van der Waals surface area (Å²) in [7, 11) is -3.72. The van der Waals surface area contributed by atoms with Gasteiger partial charge < -0.3 is 0 Å². The Hall–Kier alpha value is -2.22. The van der Waals surface area contributed by atoms with Gasteiger partial charge in [0.1, 0.15) is 5.82 Å². The predicted molar refractivity (Wildman–Crippen MR) is 126 cm³/mol. The number of fused-ring (bicyclic) bond motifs is 2. The van der Waals surface area contributed by atoms with E-state index < -0.39 is 10.0 Å². The van der Waals surface area contributed by atoms with Crippen molar-refractivity contribution in [3.05, 3.63) is 82.9 Å². The first-order chi connectivity index (χ1) is 15.1. The van der Waals surface area contributed by atoms with E-state index in [0.29, 0.717) is 17.9 Å². The Balaban J connectivity index is 1.72. The highest BCUT2D eigenvalue weighted by Gasteiger charge is 2.35. The second kappa shape index (κ2) is 8.61. The van der Waals surface area contributed by atoms with Crippen LogP contribution in [0.5, 0.6) is 0 Å². The molecule has 0 amide bonds. The summed E-state index contributed by atoms with van der Waals surface area (Å²) in [6, 6.07) is 12.4. The van der Waals surface area contributed by atoms with Crippen LogP contribution in [0, 0.1) is 5.82 Å². The van der Waals surface area contributed by atoms with E-state index in [1.807, 2.05) is 38.1 Å². The molecule has 4 nitrogen and oxygen atoms in total. The van der Waals surface area contributed by atoms with E-state index in [2.05, 4.69) is 23.6 Å². The van der Waals surface area contributed by atoms with Gasteiger partial charge in [-0.2, -0.15) is 0 Å². The molecule has 2 aromatic carbocycles. The molecule has 0 radical (unpaired) electrons. The molecule has 0 atom stereocenters. The molecular weight excluding hydrogens is 443 g/mol. The second-order valence-corrected chi connectivity index (χ2v) is 11.7. The van der Waals surface area contributed by atoms with Crippen molar-refractivity contribution in [2.45, 2.75) is 60.1 Å². The lowest BCUT2D eigenvalue weighted by Gasteiger charge is -2.35. The van der Waals surface area contributed by atoms with Crippen LogP contribution in [0.1, 0.15) is 55.9 Å². The van der Waals surface area contributed by atoms with Gasteiger partial charge in [-0.1, -0.05) is 51.6 Å². The molecule has 32 heavy (non-hydrogen) atoms. The number of hydrogen-bond acceptors (Lipinski definition) is 4. The molecule has 1 aliphatic heterocycles. The average Bonchev–Trinajstić information content (AvgIpc) is 2.73. The number of aromatic nitrogens is 1. The Morgan fingerprint density at radius 2 is 1.72 bits per heavy atom. The topological polar surface area (TPSA) is 59.1 Å². The number of halogens is 1. The summed E-state index contributed by atoms with van der Waals surface area (Å²) in [5.74, 6) is -0.262. The summed E-state index contributed by atoms with van der Waals surface area (Å²) < 4.78 is 43.3. The number of hydrogen-bond donors (Lipinski definition) is 1. The summed E-state index contributed by atoms with van der Waals surface area (Å²) in [4.78, 5) is 5.97. The summed E-state index contributed by atoms with van der Waals surface area (Å²) >= 11 is 1.43. The molecule has 3 aromatic rings. The van der Waals surface area contributed by atoms with E-state index in [9.17, 15) is 12.8 Å². The monoisotopic (exact) mass is 470 g/mol. The van der Waals surface area contributed by atoms with E-state index in [1.54, 1.807) is 18.5 Å². The van der Waals surface area contributed by atoms with Crippen molar-refractivity contribution >= 4 is 21.8 Å². The fourth-order valence-electron chi connectivity index (χ4n) is 4.15. The van der Waals surface area contributed by atoms with Crippen LogP contribution in [0.4, 0.5) is 4.39 Å². The molecule has 7 heteroatoms. The maximum absolute atomic E-state index is 13.9. The molecule has 0 unspecified atom stereocenters. The molecule has 0 saturated heterocycles. The zero-order valence-electron chi connectivity index (χ0n) is 18.6. The van der Waals surface area contributed by atoms with Crippen LogP contribution < -0.4 is 4.72 Å². The van der Waals surface area contributed by atoms with Gasteiger partial charge >= 0.3 is 0 Å². The Morgan fingerprint density at radius 1 is 1.03 bits per heavy atom.